The molecular weight excluding hydrogens is 354 g/mol. The summed E-state index contributed by atoms with van der Waals surface area (Å²) in [7, 11) is 1.63. The molecular formula is C23H35NO4. The third kappa shape index (κ3) is 7.93. The first kappa shape index (κ1) is 22.3. The Morgan fingerprint density at radius 2 is 2.00 bits per heavy atom. The Morgan fingerprint density at radius 3 is 2.71 bits per heavy atom. The summed E-state index contributed by atoms with van der Waals surface area (Å²) in [6.45, 7) is 3.50. The van der Waals surface area contributed by atoms with Gasteiger partial charge in [0.1, 0.15) is 0 Å². The van der Waals surface area contributed by atoms with Gasteiger partial charge < -0.3 is 19.9 Å². The molecule has 2 N–H and O–H groups in total. The van der Waals surface area contributed by atoms with Gasteiger partial charge in [-0.15, -0.1) is 0 Å². The van der Waals surface area contributed by atoms with Crippen molar-refractivity contribution >= 4 is 12.0 Å². The summed E-state index contributed by atoms with van der Waals surface area (Å²) >= 11 is 0. The molecule has 1 aliphatic rings. The highest BCUT2D eigenvalue weighted by atomic mass is 16.5. The fourth-order valence-corrected chi connectivity index (χ4v) is 3.51. The van der Waals surface area contributed by atoms with Crippen molar-refractivity contribution in [1.82, 2.24) is 5.32 Å². The van der Waals surface area contributed by atoms with E-state index < -0.39 is 0 Å². The van der Waals surface area contributed by atoms with E-state index in [0.717, 1.165) is 56.9 Å². The molecule has 1 aromatic rings. The van der Waals surface area contributed by atoms with Gasteiger partial charge in [0.15, 0.2) is 11.5 Å². The van der Waals surface area contributed by atoms with Gasteiger partial charge in [0.2, 0.25) is 5.91 Å². The second-order valence-corrected chi connectivity index (χ2v) is 7.55. The maximum Gasteiger partial charge on any atom is 0.243 e. The Kier molecular flexibility index (Phi) is 9.91. The molecule has 0 unspecified atom stereocenters. The lowest BCUT2D eigenvalue weighted by atomic mass is 9.85. The summed E-state index contributed by atoms with van der Waals surface area (Å²) in [5.74, 6) is 1.94. The molecule has 0 bridgehead atoms. The number of hydrogen-bond acceptors (Lipinski definition) is 4. The average Bonchev–Trinajstić information content (AvgIpc) is 2.71. The summed E-state index contributed by atoms with van der Waals surface area (Å²) in [5.41, 5.74) is 0.905. The summed E-state index contributed by atoms with van der Waals surface area (Å²) in [5, 5.41) is 12.5. The Hall–Kier alpha value is -2.01. The molecule has 1 aromatic carbocycles. The van der Waals surface area contributed by atoms with Gasteiger partial charge >= 0.3 is 0 Å². The van der Waals surface area contributed by atoms with Crippen LogP contribution in [0.4, 0.5) is 0 Å². The van der Waals surface area contributed by atoms with Gasteiger partial charge in [-0.3, -0.25) is 4.79 Å². The maximum absolute atomic E-state index is 12.1. The van der Waals surface area contributed by atoms with Crippen LogP contribution in [0, 0.1) is 5.92 Å². The van der Waals surface area contributed by atoms with Crippen LogP contribution < -0.4 is 14.8 Å². The minimum absolute atomic E-state index is 0.0860. The SMILES string of the molecule is CCCCCOc1cc(/C=C/C(=O)NCCC2CCC(O)CC2)ccc1OC. The number of unbranched alkanes of at least 4 members (excludes halogenated alkanes) is 2. The van der Waals surface area contributed by atoms with Crippen molar-refractivity contribution in [2.45, 2.75) is 64.4 Å². The van der Waals surface area contributed by atoms with Gasteiger partial charge in [-0.1, -0.05) is 25.8 Å². The van der Waals surface area contributed by atoms with E-state index in [4.69, 9.17) is 9.47 Å². The van der Waals surface area contributed by atoms with Crippen molar-refractivity contribution < 1.29 is 19.4 Å². The lowest BCUT2D eigenvalue weighted by molar-refractivity contribution is -0.116. The van der Waals surface area contributed by atoms with Crippen LogP contribution in [-0.2, 0) is 4.79 Å². The molecule has 5 heteroatoms. The lowest BCUT2D eigenvalue weighted by Crippen LogP contribution is -2.26. The van der Waals surface area contributed by atoms with Crippen LogP contribution in [-0.4, -0.2) is 37.4 Å². The number of aliphatic hydroxyl groups excluding tert-OH is 1. The van der Waals surface area contributed by atoms with Crippen LogP contribution in [0.15, 0.2) is 24.3 Å². The molecule has 1 aliphatic carbocycles. The van der Waals surface area contributed by atoms with Crippen LogP contribution in [0.3, 0.4) is 0 Å². The number of hydrogen-bond donors (Lipinski definition) is 2. The van der Waals surface area contributed by atoms with E-state index in [-0.39, 0.29) is 12.0 Å². The summed E-state index contributed by atoms with van der Waals surface area (Å²) in [6, 6.07) is 5.68. The van der Waals surface area contributed by atoms with E-state index in [2.05, 4.69) is 12.2 Å². The van der Waals surface area contributed by atoms with Crippen molar-refractivity contribution in [3.63, 3.8) is 0 Å². The van der Waals surface area contributed by atoms with Gasteiger partial charge in [-0.05, 0) is 68.2 Å². The van der Waals surface area contributed by atoms with Crippen LogP contribution in [0.5, 0.6) is 11.5 Å². The number of nitrogens with one attached hydrogen (secondary N) is 1. The molecule has 0 saturated heterocycles. The molecule has 2 rings (SSSR count). The van der Waals surface area contributed by atoms with Crippen LogP contribution in [0.25, 0.3) is 6.08 Å². The first-order valence-corrected chi connectivity index (χ1v) is 10.6. The zero-order chi connectivity index (χ0) is 20.2. The molecule has 1 amide bonds. The quantitative estimate of drug-likeness (QED) is 0.436. The third-order valence-electron chi connectivity index (χ3n) is 5.29. The second-order valence-electron chi connectivity index (χ2n) is 7.55. The molecule has 0 aliphatic heterocycles. The number of carbonyl (C=O) groups excluding carboxylic acids is 1. The van der Waals surface area contributed by atoms with Crippen LogP contribution in [0.1, 0.15) is 63.9 Å². The summed E-state index contributed by atoms with van der Waals surface area (Å²) in [4.78, 5) is 12.1. The number of methoxy groups -OCH3 is 1. The van der Waals surface area contributed by atoms with Crippen molar-refractivity contribution in [2.24, 2.45) is 5.92 Å². The van der Waals surface area contributed by atoms with E-state index in [9.17, 15) is 9.90 Å². The molecule has 0 aromatic heterocycles. The minimum atomic E-state index is -0.126. The Balaban J connectivity index is 1.78. The predicted octanol–water partition coefficient (Wildman–Crippen LogP) is 4.33. The Bertz CT molecular complexity index is 621. The fraction of sp³-hybridized carbons (Fsp3) is 0.609. The fourth-order valence-electron chi connectivity index (χ4n) is 3.51. The number of benzene rings is 1. The zero-order valence-corrected chi connectivity index (χ0v) is 17.3. The Labute approximate surface area is 169 Å². The first-order chi connectivity index (χ1) is 13.6. The normalized spacial score (nSPS) is 19.5. The Morgan fingerprint density at radius 1 is 1.21 bits per heavy atom. The van der Waals surface area contributed by atoms with E-state index in [0.29, 0.717) is 30.6 Å². The molecule has 0 atom stereocenters. The van der Waals surface area contributed by atoms with Crippen molar-refractivity contribution in [1.29, 1.82) is 0 Å². The van der Waals surface area contributed by atoms with Crippen molar-refractivity contribution in [2.75, 3.05) is 20.3 Å². The standard InChI is InChI=1S/C23H35NO4/c1-3-4-5-16-28-22-17-19(8-12-21(22)27-2)9-13-23(26)24-15-14-18-6-10-20(25)11-7-18/h8-9,12-13,17-18,20,25H,3-7,10-11,14-16H2,1-2H3,(H,24,26)/b13-9+. The topological polar surface area (TPSA) is 67.8 Å². The monoisotopic (exact) mass is 389 g/mol. The smallest absolute Gasteiger partial charge is 0.243 e. The number of aliphatic hydroxyl groups is 1. The molecule has 0 spiro atoms. The van der Waals surface area contributed by atoms with Crippen molar-refractivity contribution in [3.8, 4) is 11.5 Å². The van der Waals surface area contributed by atoms with E-state index >= 15 is 0 Å². The highest BCUT2D eigenvalue weighted by molar-refractivity contribution is 5.91. The average molecular weight is 390 g/mol. The number of amides is 1. The van der Waals surface area contributed by atoms with E-state index in [1.165, 1.54) is 0 Å². The lowest BCUT2D eigenvalue weighted by Gasteiger charge is -2.25. The van der Waals surface area contributed by atoms with Crippen LogP contribution in [0.2, 0.25) is 0 Å². The molecule has 28 heavy (non-hydrogen) atoms. The summed E-state index contributed by atoms with van der Waals surface area (Å²) in [6.07, 6.45) is 11.4. The van der Waals surface area contributed by atoms with E-state index in [1.807, 2.05) is 18.2 Å². The number of carbonyl (C=O) groups is 1. The molecule has 5 nitrogen and oxygen atoms in total. The predicted molar refractivity (Wildman–Crippen MR) is 113 cm³/mol. The largest absolute Gasteiger partial charge is 0.493 e. The molecule has 0 radical (unpaired) electrons. The second kappa shape index (κ2) is 12.4. The van der Waals surface area contributed by atoms with E-state index in [1.54, 1.807) is 19.3 Å². The number of rotatable bonds is 11. The highest BCUT2D eigenvalue weighted by Crippen LogP contribution is 2.29. The van der Waals surface area contributed by atoms with Gasteiger partial charge in [0, 0.05) is 12.6 Å². The maximum atomic E-state index is 12.1. The number of ether oxygens (including phenoxy) is 2. The van der Waals surface area contributed by atoms with Gasteiger partial charge in [0.25, 0.3) is 0 Å². The van der Waals surface area contributed by atoms with Gasteiger partial charge in [-0.25, -0.2) is 0 Å². The summed E-state index contributed by atoms with van der Waals surface area (Å²) < 4.78 is 11.2. The minimum Gasteiger partial charge on any atom is -0.493 e. The highest BCUT2D eigenvalue weighted by Gasteiger charge is 2.18. The third-order valence-corrected chi connectivity index (χ3v) is 5.29. The molecule has 1 fully saturated rings. The zero-order valence-electron chi connectivity index (χ0n) is 17.3. The first-order valence-electron chi connectivity index (χ1n) is 10.6. The van der Waals surface area contributed by atoms with Gasteiger partial charge in [0.05, 0.1) is 19.8 Å². The van der Waals surface area contributed by atoms with Gasteiger partial charge in [-0.2, -0.15) is 0 Å². The molecule has 0 heterocycles. The van der Waals surface area contributed by atoms with Crippen molar-refractivity contribution in [3.05, 3.63) is 29.8 Å². The molecule has 156 valence electrons. The molecule has 1 saturated carbocycles. The van der Waals surface area contributed by atoms with Crippen LogP contribution >= 0.6 is 0 Å².